The molecule has 0 spiro atoms. The summed E-state index contributed by atoms with van der Waals surface area (Å²) in [5, 5.41) is 2.87. The second kappa shape index (κ2) is 7.05. The summed E-state index contributed by atoms with van der Waals surface area (Å²) in [5.41, 5.74) is 1.61. The summed E-state index contributed by atoms with van der Waals surface area (Å²) >= 11 is 3.30. The molecular formula is C15H15BrN2O2. The maximum Gasteiger partial charge on any atom is 0.252 e. The molecule has 1 aromatic heterocycles. The fourth-order valence-electron chi connectivity index (χ4n) is 1.86. The highest BCUT2D eigenvalue weighted by molar-refractivity contribution is 9.10. The minimum Gasteiger partial charge on any atom is -0.496 e. The monoisotopic (exact) mass is 334 g/mol. The molecule has 20 heavy (non-hydrogen) atoms. The Labute approximate surface area is 126 Å². The van der Waals surface area contributed by atoms with Crippen LogP contribution in [-0.4, -0.2) is 24.5 Å². The molecule has 2 rings (SSSR count). The Bertz CT molecular complexity index is 602. The van der Waals surface area contributed by atoms with Crippen LogP contribution in [0.5, 0.6) is 5.75 Å². The van der Waals surface area contributed by atoms with Crippen molar-refractivity contribution in [3.05, 3.63) is 58.3 Å². The predicted molar refractivity (Wildman–Crippen MR) is 81.0 cm³/mol. The molecule has 1 aromatic carbocycles. The van der Waals surface area contributed by atoms with Gasteiger partial charge in [0.2, 0.25) is 0 Å². The van der Waals surface area contributed by atoms with E-state index in [0.717, 1.165) is 22.2 Å². The van der Waals surface area contributed by atoms with Crippen molar-refractivity contribution in [2.24, 2.45) is 0 Å². The van der Waals surface area contributed by atoms with E-state index in [0.29, 0.717) is 12.1 Å². The van der Waals surface area contributed by atoms with E-state index >= 15 is 0 Å². The number of ether oxygens (including phenoxy) is 1. The molecule has 5 heteroatoms. The Kier molecular flexibility index (Phi) is 5.12. The van der Waals surface area contributed by atoms with Gasteiger partial charge in [-0.25, -0.2) is 0 Å². The van der Waals surface area contributed by atoms with E-state index in [1.807, 2.05) is 24.3 Å². The molecule has 0 unspecified atom stereocenters. The van der Waals surface area contributed by atoms with E-state index in [-0.39, 0.29) is 5.91 Å². The first-order chi connectivity index (χ1) is 9.70. The molecule has 2 aromatic rings. The van der Waals surface area contributed by atoms with E-state index in [1.165, 1.54) is 0 Å². The molecule has 0 fully saturated rings. The smallest absolute Gasteiger partial charge is 0.252 e. The number of nitrogens with one attached hydrogen (secondary N) is 1. The number of benzene rings is 1. The Morgan fingerprint density at radius 2 is 2.15 bits per heavy atom. The summed E-state index contributed by atoms with van der Waals surface area (Å²) in [7, 11) is 1.64. The number of carbonyl (C=O) groups is 1. The van der Waals surface area contributed by atoms with Gasteiger partial charge in [-0.3, -0.25) is 9.78 Å². The van der Waals surface area contributed by atoms with Crippen LogP contribution < -0.4 is 10.1 Å². The number of carbonyl (C=O) groups excluding carboxylic acids is 1. The topological polar surface area (TPSA) is 51.2 Å². The van der Waals surface area contributed by atoms with Gasteiger partial charge in [0, 0.05) is 23.4 Å². The van der Waals surface area contributed by atoms with Crippen molar-refractivity contribution in [3.63, 3.8) is 0 Å². The van der Waals surface area contributed by atoms with Crippen molar-refractivity contribution < 1.29 is 9.53 Å². The van der Waals surface area contributed by atoms with Gasteiger partial charge in [-0.15, -0.1) is 0 Å². The number of aromatic nitrogens is 1. The first-order valence-electron chi connectivity index (χ1n) is 6.21. The van der Waals surface area contributed by atoms with Crippen LogP contribution in [0.2, 0.25) is 0 Å². The van der Waals surface area contributed by atoms with Gasteiger partial charge >= 0.3 is 0 Å². The maximum atomic E-state index is 11.9. The SMILES string of the molecule is COc1ccccc1CCNC(=O)c1cncc(Br)c1. The van der Waals surface area contributed by atoms with Crippen LogP contribution in [0.3, 0.4) is 0 Å². The number of para-hydroxylation sites is 1. The number of amides is 1. The van der Waals surface area contributed by atoms with E-state index in [4.69, 9.17) is 4.74 Å². The zero-order chi connectivity index (χ0) is 14.4. The third kappa shape index (κ3) is 3.81. The Morgan fingerprint density at radius 3 is 2.90 bits per heavy atom. The van der Waals surface area contributed by atoms with Crippen molar-refractivity contribution in [3.8, 4) is 5.75 Å². The Morgan fingerprint density at radius 1 is 1.35 bits per heavy atom. The molecule has 0 atom stereocenters. The highest BCUT2D eigenvalue weighted by Crippen LogP contribution is 2.17. The van der Waals surface area contributed by atoms with Crippen LogP contribution in [0, 0.1) is 0 Å². The number of halogens is 1. The standard InChI is InChI=1S/C15H15BrN2O2/c1-20-14-5-3-2-4-11(14)6-7-18-15(19)12-8-13(16)10-17-9-12/h2-5,8-10H,6-7H2,1H3,(H,18,19). The zero-order valence-electron chi connectivity index (χ0n) is 11.1. The van der Waals surface area contributed by atoms with Gasteiger partial charge in [-0.05, 0) is 40.0 Å². The normalized spacial score (nSPS) is 10.1. The number of rotatable bonds is 5. The van der Waals surface area contributed by atoms with Gasteiger partial charge in [0.1, 0.15) is 5.75 Å². The molecule has 0 radical (unpaired) electrons. The molecule has 0 bridgehead atoms. The van der Waals surface area contributed by atoms with Gasteiger partial charge in [-0.1, -0.05) is 18.2 Å². The first kappa shape index (κ1) is 14.5. The van der Waals surface area contributed by atoms with E-state index in [1.54, 1.807) is 25.6 Å². The quantitative estimate of drug-likeness (QED) is 0.914. The van der Waals surface area contributed by atoms with Crippen LogP contribution in [0.25, 0.3) is 0 Å². The molecule has 0 aliphatic rings. The fourth-order valence-corrected chi connectivity index (χ4v) is 2.22. The second-order valence-electron chi connectivity index (χ2n) is 4.21. The minimum atomic E-state index is -0.131. The van der Waals surface area contributed by atoms with Crippen LogP contribution in [0.15, 0.2) is 47.2 Å². The van der Waals surface area contributed by atoms with Gasteiger partial charge in [0.05, 0.1) is 12.7 Å². The van der Waals surface area contributed by atoms with Crippen LogP contribution >= 0.6 is 15.9 Å². The lowest BCUT2D eigenvalue weighted by Crippen LogP contribution is -2.25. The number of pyridine rings is 1. The lowest BCUT2D eigenvalue weighted by Gasteiger charge is -2.09. The Balaban J connectivity index is 1.91. The van der Waals surface area contributed by atoms with Gasteiger partial charge in [0.25, 0.3) is 5.91 Å². The predicted octanol–water partition coefficient (Wildman–Crippen LogP) is 2.83. The molecule has 0 saturated heterocycles. The van der Waals surface area contributed by atoms with Gasteiger partial charge in [-0.2, -0.15) is 0 Å². The highest BCUT2D eigenvalue weighted by Gasteiger charge is 2.07. The first-order valence-corrected chi connectivity index (χ1v) is 7.00. The van der Waals surface area contributed by atoms with Crippen LogP contribution in [0.1, 0.15) is 15.9 Å². The summed E-state index contributed by atoms with van der Waals surface area (Å²) in [4.78, 5) is 15.9. The van der Waals surface area contributed by atoms with Crippen molar-refractivity contribution in [2.45, 2.75) is 6.42 Å². The third-order valence-electron chi connectivity index (χ3n) is 2.84. The average Bonchev–Trinajstić information content (AvgIpc) is 2.47. The number of nitrogens with zero attached hydrogens (tertiary/aromatic N) is 1. The van der Waals surface area contributed by atoms with Crippen molar-refractivity contribution >= 4 is 21.8 Å². The molecule has 1 amide bonds. The molecule has 0 aliphatic carbocycles. The summed E-state index contributed by atoms with van der Waals surface area (Å²) in [6.45, 7) is 0.547. The molecule has 1 N–H and O–H groups in total. The van der Waals surface area contributed by atoms with Crippen molar-refractivity contribution in [2.75, 3.05) is 13.7 Å². The number of hydrogen-bond acceptors (Lipinski definition) is 3. The van der Waals surface area contributed by atoms with Crippen LogP contribution in [-0.2, 0) is 6.42 Å². The summed E-state index contributed by atoms with van der Waals surface area (Å²) in [5.74, 6) is 0.708. The zero-order valence-corrected chi connectivity index (χ0v) is 12.7. The number of methoxy groups -OCH3 is 1. The van der Waals surface area contributed by atoms with Gasteiger partial charge < -0.3 is 10.1 Å². The van der Waals surface area contributed by atoms with E-state index < -0.39 is 0 Å². The second-order valence-corrected chi connectivity index (χ2v) is 5.13. The molecule has 0 saturated carbocycles. The molecule has 104 valence electrons. The summed E-state index contributed by atoms with van der Waals surface area (Å²) in [6, 6.07) is 9.53. The van der Waals surface area contributed by atoms with E-state index in [9.17, 15) is 4.79 Å². The van der Waals surface area contributed by atoms with Crippen LogP contribution in [0.4, 0.5) is 0 Å². The maximum absolute atomic E-state index is 11.9. The molecule has 4 nitrogen and oxygen atoms in total. The molecule has 1 heterocycles. The van der Waals surface area contributed by atoms with Crippen molar-refractivity contribution in [1.29, 1.82) is 0 Å². The molecule has 0 aliphatic heterocycles. The molecular weight excluding hydrogens is 320 g/mol. The van der Waals surface area contributed by atoms with Gasteiger partial charge in [0.15, 0.2) is 0 Å². The van der Waals surface area contributed by atoms with Crippen molar-refractivity contribution in [1.82, 2.24) is 10.3 Å². The lowest BCUT2D eigenvalue weighted by atomic mass is 10.1. The minimum absolute atomic E-state index is 0.131. The fraction of sp³-hybridized carbons (Fsp3) is 0.200. The third-order valence-corrected chi connectivity index (χ3v) is 3.27. The largest absolute Gasteiger partial charge is 0.496 e. The average molecular weight is 335 g/mol. The summed E-state index contributed by atoms with van der Waals surface area (Å²) in [6.07, 6.45) is 3.91. The summed E-state index contributed by atoms with van der Waals surface area (Å²) < 4.78 is 6.06. The lowest BCUT2D eigenvalue weighted by molar-refractivity contribution is 0.0953. The Hall–Kier alpha value is -1.88. The van der Waals surface area contributed by atoms with E-state index in [2.05, 4.69) is 26.2 Å². The number of hydrogen-bond donors (Lipinski definition) is 1. The highest BCUT2D eigenvalue weighted by atomic mass is 79.9.